The number of hydrogen-bond donors (Lipinski definition) is 3. The monoisotopic (exact) mass is 341 g/mol. The van der Waals surface area contributed by atoms with Gasteiger partial charge in [0.25, 0.3) is 0 Å². The number of benzene rings is 1. The van der Waals surface area contributed by atoms with Gasteiger partial charge in [-0.15, -0.1) is 12.4 Å². The van der Waals surface area contributed by atoms with Crippen LogP contribution in [0.5, 0.6) is 0 Å². The lowest BCUT2D eigenvalue weighted by Crippen LogP contribution is -2.25. The highest BCUT2D eigenvalue weighted by Crippen LogP contribution is 2.19. The predicted octanol–water partition coefficient (Wildman–Crippen LogP) is 3.30. The molecule has 1 aromatic heterocycles. The molecule has 0 aliphatic carbocycles. The minimum absolute atomic E-state index is 0. The number of hydrogen-bond acceptors (Lipinski definition) is 2. The Kier molecular flexibility index (Phi) is 8.66. The van der Waals surface area contributed by atoms with E-state index in [0.29, 0.717) is 13.0 Å². The van der Waals surface area contributed by atoms with E-state index in [-0.39, 0.29) is 24.1 Å². The molecule has 1 aromatic carbocycles. The van der Waals surface area contributed by atoms with Crippen LogP contribution < -0.4 is 11.1 Å². The van der Waals surface area contributed by atoms with Crippen LogP contribution in [0.1, 0.15) is 37.7 Å². The van der Waals surface area contributed by atoms with Crippen LogP contribution in [0.25, 0.3) is 10.9 Å². The van der Waals surface area contributed by atoms with Crippen LogP contribution in [0.4, 0.5) is 4.39 Å². The number of nitrogens with one attached hydrogen (secondary N) is 2. The highest BCUT2D eigenvalue weighted by atomic mass is 35.5. The van der Waals surface area contributed by atoms with Gasteiger partial charge in [0.2, 0.25) is 5.91 Å². The van der Waals surface area contributed by atoms with E-state index in [4.69, 9.17) is 5.73 Å². The summed E-state index contributed by atoms with van der Waals surface area (Å²) in [6.07, 6.45) is 7.28. The number of aromatic amines is 1. The lowest BCUT2D eigenvalue weighted by Gasteiger charge is -2.05. The smallest absolute Gasteiger partial charge is 0.220 e. The van der Waals surface area contributed by atoms with Gasteiger partial charge in [-0.25, -0.2) is 4.39 Å². The fraction of sp³-hybridized carbons (Fsp3) is 0.471. The molecule has 0 bridgehead atoms. The van der Waals surface area contributed by atoms with Crippen LogP contribution in [-0.4, -0.2) is 24.0 Å². The highest BCUT2D eigenvalue weighted by molar-refractivity contribution is 5.85. The Hall–Kier alpha value is -1.59. The van der Waals surface area contributed by atoms with Crippen LogP contribution in [-0.2, 0) is 11.2 Å². The van der Waals surface area contributed by atoms with Crippen molar-refractivity contribution in [3.63, 3.8) is 0 Å². The summed E-state index contributed by atoms with van der Waals surface area (Å²) in [5.41, 5.74) is 7.32. The molecule has 0 aliphatic heterocycles. The van der Waals surface area contributed by atoms with E-state index in [1.165, 1.54) is 12.1 Å². The summed E-state index contributed by atoms with van der Waals surface area (Å²) in [7, 11) is 0. The molecule has 0 unspecified atom stereocenters. The summed E-state index contributed by atoms with van der Waals surface area (Å²) < 4.78 is 13.1. The molecule has 2 rings (SSSR count). The Morgan fingerprint density at radius 3 is 2.78 bits per heavy atom. The maximum absolute atomic E-state index is 13.1. The van der Waals surface area contributed by atoms with E-state index in [9.17, 15) is 9.18 Å². The Balaban J connectivity index is 0.00000264. The van der Waals surface area contributed by atoms with Crippen LogP contribution in [0.15, 0.2) is 24.4 Å². The first-order valence-corrected chi connectivity index (χ1v) is 7.93. The average molecular weight is 342 g/mol. The molecule has 6 heteroatoms. The number of unbranched alkanes of at least 4 members (excludes halogenated alkanes) is 3. The van der Waals surface area contributed by atoms with Crippen molar-refractivity contribution in [2.24, 2.45) is 5.73 Å². The van der Waals surface area contributed by atoms with Crippen molar-refractivity contribution in [2.75, 3.05) is 13.1 Å². The second-order valence-electron chi connectivity index (χ2n) is 5.56. The van der Waals surface area contributed by atoms with Crippen molar-refractivity contribution in [2.45, 2.75) is 38.5 Å². The number of carbonyl (C=O) groups excluding carboxylic acids is 1. The van der Waals surface area contributed by atoms with Crippen LogP contribution in [0, 0.1) is 5.82 Å². The third-order valence-corrected chi connectivity index (χ3v) is 3.80. The molecular formula is C17H25ClFN3O. The zero-order valence-corrected chi connectivity index (χ0v) is 14.1. The summed E-state index contributed by atoms with van der Waals surface area (Å²) >= 11 is 0. The fourth-order valence-electron chi connectivity index (χ4n) is 2.57. The van der Waals surface area contributed by atoms with Crippen LogP contribution >= 0.6 is 12.4 Å². The van der Waals surface area contributed by atoms with Gasteiger partial charge in [0.05, 0.1) is 0 Å². The van der Waals surface area contributed by atoms with E-state index >= 15 is 0 Å². The van der Waals surface area contributed by atoms with Gasteiger partial charge in [-0.2, -0.15) is 0 Å². The van der Waals surface area contributed by atoms with Crippen molar-refractivity contribution in [3.05, 3.63) is 35.8 Å². The molecule has 2 aromatic rings. The Morgan fingerprint density at radius 2 is 2.00 bits per heavy atom. The molecule has 0 fully saturated rings. The SMILES string of the molecule is Cl.NCCCCCCC(=O)NCCc1c[nH]c2cc(F)ccc12. The fourth-order valence-corrected chi connectivity index (χ4v) is 2.57. The van der Waals surface area contributed by atoms with Gasteiger partial charge in [-0.3, -0.25) is 4.79 Å². The number of carbonyl (C=O) groups is 1. The maximum atomic E-state index is 13.1. The van der Waals surface area contributed by atoms with Gasteiger partial charge >= 0.3 is 0 Å². The van der Waals surface area contributed by atoms with Gasteiger partial charge < -0.3 is 16.0 Å². The Bertz CT molecular complexity index is 615. The minimum Gasteiger partial charge on any atom is -0.361 e. The number of halogens is 2. The number of aromatic nitrogens is 1. The van der Waals surface area contributed by atoms with Crippen LogP contribution in [0.2, 0.25) is 0 Å². The normalized spacial score (nSPS) is 10.5. The molecule has 128 valence electrons. The molecule has 0 aliphatic rings. The quantitative estimate of drug-likeness (QED) is 0.612. The second-order valence-corrected chi connectivity index (χ2v) is 5.56. The number of H-pyrrole nitrogens is 1. The van der Waals surface area contributed by atoms with Crippen molar-refractivity contribution < 1.29 is 9.18 Å². The first kappa shape index (κ1) is 19.5. The molecule has 4 N–H and O–H groups in total. The summed E-state index contributed by atoms with van der Waals surface area (Å²) in [5.74, 6) is -0.150. The van der Waals surface area contributed by atoms with Crippen molar-refractivity contribution in [3.8, 4) is 0 Å². The third kappa shape index (κ3) is 6.20. The van der Waals surface area contributed by atoms with Crippen molar-refractivity contribution in [1.29, 1.82) is 0 Å². The standard InChI is InChI=1S/C17H24FN3O.ClH/c18-14-6-7-15-13(12-21-16(15)11-14)8-10-20-17(22)5-3-1-2-4-9-19;/h6-7,11-12,21H,1-5,8-10,19H2,(H,20,22);1H. The maximum Gasteiger partial charge on any atom is 0.220 e. The largest absolute Gasteiger partial charge is 0.361 e. The number of fused-ring (bicyclic) bond motifs is 1. The lowest BCUT2D eigenvalue weighted by atomic mass is 10.1. The topological polar surface area (TPSA) is 70.9 Å². The number of rotatable bonds is 9. The molecule has 1 amide bonds. The summed E-state index contributed by atoms with van der Waals surface area (Å²) in [6, 6.07) is 4.72. The predicted molar refractivity (Wildman–Crippen MR) is 94.4 cm³/mol. The Labute approximate surface area is 142 Å². The third-order valence-electron chi connectivity index (χ3n) is 3.80. The van der Waals surface area contributed by atoms with E-state index in [2.05, 4.69) is 10.3 Å². The Morgan fingerprint density at radius 1 is 1.22 bits per heavy atom. The summed E-state index contributed by atoms with van der Waals surface area (Å²) in [5, 5.41) is 3.95. The van der Waals surface area contributed by atoms with Gasteiger partial charge in [0.15, 0.2) is 0 Å². The molecule has 1 heterocycles. The van der Waals surface area contributed by atoms with Crippen LogP contribution in [0.3, 0.4) is 0 Å². The molecule has 0 radical (unpaired) electrons. The minimum atomic E-state index is -0.246. The first-order chi connectivity index (χ1) is 10.7. The molecule has 0 saturated heterocycles. The van der Waals surface area contributed by atoms with E-state index in [1.807, 2.05) is 6.20 Å². The van der Waals surface area contributed by atoms with Gasteiger partial charge in [0.1, 0.15) is 5.82 Å². The van der Waals surface area contributed by atoms with Gasteiger partial charge in [0, 0.05) is 30.1 Å². The van der Waals surface area contributed by atoms with E-state index in [1.54, 1.807) is 6.07 Å². The number of nitrogens with two attached hydrogens (primary N) is 1. The highest BCUT2D eigenvalue weighted by Gasteiger charge is 2.06. The molecule has 4 nitrogen and oxygen atoms in total. The van der Waals surface area contributed by atoms with E-state index in [0.717, 1.165) is 55.1 Å². The summed E-state index contributed by atoms with van der Waals surface area (Å²) in [6.45, 7) is 1.33. The first-order valence-electron chi connectivity index (χ1n) is 7.93. The van der Waals surface area contributed by atoms with Gasteiger partial charge in [-0.1, -0.05) is 12.8 Å². The molecule has 23 heavy (non-hydrogen) atoms. The average Bonchev–Trinajstić information content (AvgIpc) is 2.89. The second kappa shape index (κ2) is 10.2. The number of amides is 1. The summed E-state index contributed by atoms with van der Waals surface area (Å²) in [4.78, 5) is 14.8. The zero-order valence-electron chi connectivity index (χ0n) is 13.2. The van der Waals surface area contributed by atoms with Gasteiger partial charge in [-0.05, 0) is 49.6 Å². The zero-order chi connectivity index (χ0) is 15.8. The molecule has 0 atom stereocenters. The van der Waals surface area contributed by atoms with Crippen molar-refractivity contribution in [1.82, 2.24) is 10.3 Å². The molecular weight excluding hydrogens is 317 g/mol. The lowest BCUT2D eigenvalue weighted by molar-refractivity contribution is -0.121. The molecule has 0 saturated carbocycles. The van der Waals surface area contributed by atoms with E-state index < -0.39 is 0 Å². The molecule has 0 spiro atoms. The van der Waals surface area contributed by atoms with Crippen molar-refractivity contribution >= 4 is 29.2 Å².